The van der Waals surface area contributed by atoms with E-state index in [-0.39, 0.29) is 11.8 Å². The Balaban J connectivity index is 0.000000160. The number of nitrogens with two attached hydrogens (primary N) is 2. The van der Waals surface area contributed by atoms with E-state index in [1.807, 2.05) is 12.1 Å². The monoisotopic (exact) mass is 265 g/mol. The van der Waals surface area contributed by atoms with Gasteiger partial charge in [0.25, 0.3) is 0 Å². The van der Waals surface area contributed by atoms with E-state index in [4.69, 9.17) is 11.5 Å². The zero-order valence-electron chi connectivity index (χ0n) is 10.8. The summed E-state index contributed by atoms with van der Waals surface area (Å²) in [6.45, 7) is 0. The smallest absolute Gasteiger partial charge is 0.242 e. The summed E-state index contributed by atoms with van der Waals surface area (Å²) in [5, 5.41) is 6.80. The number of benzene rings is 2. The van der Waals surface area contributed by atoms with Crippen molar-refractivity contribution < 1.29 is 0 Å². The Morgan fingerprint density at radius 3 is 1.55 bits per heavy atom. The Labute approximate surface area is 117 Å². The normalized spacial score (nSPS) is 9.40. The first-order valence-corrected chi connectivity index (χ1v) is 6.07. The second kappa shape index (κ2) is 6.84. The Morgan fingerprint density at radius 2 is 1.20 bits per heavy atom. The van der Waals surface area contributed by atoms with Crippen LogP contribution < -0.4 is 11.5 Å². The average molecular weight is 265 g/mol. The molecule has 5 nitrogen and oxygen atoms in total. The molecule has 1 heterocycles. The van der Waals surface area contributed by atoms with Gasteiger partial charge in [-0.25, -0.2) is 0 Å². The van der Waals surface area contributed by atoms with Crippen molar-refractivity contribution in [2.45, 2.75) is 0 Å². The molecule has 0 radical (unpaired) electrons. The highest BCUT2D eigenvalue weighted by Gasteiger charge is 1.91. The number of aromatic nitrogens is 3. The van der Waals surface area contributed by atoms with Gasteiger partial charge in [0.05, 0.1) is 6.20 Å². The highest BCUT2D eigenvalue weighted by Crippen LogP contribution is 2.17. The minimum atomic E-state index is 0.102. The van der Waals surface area contributed by atoms with Crippen molar-refractivity contribution in [3.8, 4) is 11.1 Å². The fourth-order valence-electron chi connectivity index (χ4n) is 1.59. The molecule has 0 saturated heterocycles. The Hall–Kier alpha value is -2.95. The first-order chi connectivity index (χ1) is 9.75. The molecule has 0 fully saturated rings. The molecule has 0 saturated carbocycles. The predicted molar refractivity (Wildman–Crippen MR) is 80.5 cm³/mol. The number of hydrogen-bond donors (Lipinski definition) is 2. The molecule has 1 aromatic heterocycles. The van der Waals surface area contributed by atoms with E-state index in [1.165, 1.54) is 17.3 Å². The van der Waals surface area contributed by atoms with Crippen LogP contribution in [0.5, 0.6) is 0 Å². The van der Waals surface area contributed by atoms with Gasteiger partial charge in [0, 0.05) is 0 Å². The van der Waals surface area contributed by atoms with Crippen LogP contribution in [0.2, 0.25) is 0 Å². The largest absolute Gasteiger partial charge is 0.382 e. The molecule has 0 amide bonds. The standard InChI is InChI=1S/C12H10.C3H5N5/c1-3-7-11(8-4-1)12-9-5-2-6-10-12;4-2-1-6-8-3(5)7-2/h1-10H;1H,(H4,4,5,7,8). The van der Waals surface area contributed by atoms with Crippen LogP contribution in [0.3, 0.4) is 0 Å². The molecule has 4 N–H and O–H groups in total. The lowest BCUT2D eigenvalue weighted by Gasteiger charge is -1.98. The van der Waals surface area contributed by atoms with E-state index in [2.05, 4.69) is 63.7 Å². The van der Waals surface area contributed by atoms with Crippen molar-refractivity contribution in [2.24, 2.45) is 0 Å². The van der Waals surface area contributed by atoms with E-state index in [1.54, 1.807) is 0 Å². The van der Waals surface area contributed by atoms with Gasteiger partial charge in [0.1, 0.15) is 5.82 Å². The quantitative estimate of drug-likeness (QED) is 0.705. The fourth-order valence-corrected chi connectivity index (χ4v) is 1.59. The maximum Gasteiger partial charge on any atom is 0.242 e. The van der Waals surface area contributed by atoms with Crippen molar-refractivity contribution in [2.75, 3.05) is 11.5 Å². The maximum absolute atomic E-state index is 5.16. The van der Waals surface area contributed by atoms with Gasteiger partial charge in [-0.1, -0.05) is 60.7 Å². The van der Waals surface area contributed by atoms with Crippen LogP contribution in [0.1, 0.15) is 0 Å². The van der Waals surface area contributed by atoms with Crippen molar-refractivity contribution in [1.82, 2.24) is 15.2 Å². The number of rotatable bonds is 1. The molecule has 0 atom stereocenters. The molecule has 0 bridgehead atoms. The minimum absolute atomic E-state index is 0.102. The zero-order chi connectivity index (χ0) is 14.2. The molecule has 0 spiro atoms. The lowest BCUT2D eigenvalue weighted by molar-refractivity contribution is 0.992. The van der Waals surface area contributed by atoms with Gasteiger partial charge >= 0.3 is 0 Å². The lowest BCUT2D eigenvalue weighted by Crippen LogP contribution is -1.99. The van der Waals surface area contributed by atoms with E-state index in [0.29, 0.717) is 0 Å². The highest BCUT2D eigenvalue weighted by molar-refractivity contribution is 5.62. The SMILES string of the molecule is Nc1cnnc(N)n1.c1ccc(-c2ccccc2)cc1. The molecule has 20 heavy (non-hydrogen) atoms. The summed E-state index contributed by atoms with van der Waals surface area (Å²) in [6, 6.07) is 20.8. The minimum Gasteiger partial charge on any atom is -0.382 e. The molecule has 0 aliphatic carbocycles. The van der Waals surface area contributed by atoms with Crippen molar-refractivity contribution >= 4 is 11.8 Å². The molecule has 5 heteroatoms. The molecule has 0 aliphatic rings. The van der Waals surface area contributed by atoms with Gasteiger partial charge in [-0.05, 0) is 11.1 Å². The van der Waals surface area contributed by atoms with Gasteiger partial charge in [0.15, 0.2) is 0 Å². The van der Waals surface area contributed by atoms with Crippen LogP contribution in [0.25, 0.3) is 11.1 Å². The highest BCUT2D eigenvalue weighted by atomic mass is 15.2. The van der Waals surface area contributed by atoms with Gasteiger partial charge in [0.2, 0.25) is 5.95 Å². The summed E-state index contributed by atoms with van der Waals surface area (Å²) in [6.07, 6.45) is 1.33. The molecule has 100 valence electrons. The van der Waals surface area contributed by atoms with Gasteiger partial charge < -0.3 is 11.5 Å². The zero-order valence-corrected chi connectivity index (χ0v) is 10.8. The summed E-state index contributed by atoms with van der Waals surface area (Å²) >= 11 is 0. The van der Waals surface area contributed by atoms with Crippen molar-refractivity contribution in [3.63, 3.8) is 0 Å². The van der Waals surface area contributed by atoms with Crippen LogP contribution in [-0.4, -0.2) is 15.2 Å². The predicted octanol–water partition coefficient (Wildman–Crippen LogP) is 2.39. The number of nitrogens with zero attached hydrogens (tertiary/aromatic N) is 3. The third-order valence-electron chi connectivity index (χ3n) is 2.47. The third-order valence-corrected chi connectivity index (χ3v) is 2.47. The molecular formula is C15H15N5. The molecule has 0 unspecified atom stereocenters. The Bertz CT molecular complexity index is 586. The summed E-state index contributed by atoms with van der Waals surface area (Å²) in [5.74, 6) is 0.391. The van der Waals surface area contributed by atoms with Crippen LogP contribution in [0.15, 0.2) is 66.9 Å². The molecule has 3 rings (SSSR count). The van der Waals surface area contributed by atoms with Gasteiger partial charge in [-0.2, -0.15) is 10.1 Å². The summed E-state index contributed by atoms with van der Waals surface area (Å²) in [7, 11) is 0. The van der Waals surface area contributed by atoms with E-state index in [9.17, 15) is 0 Å². The maximum atomic E-state index is 5.16. The van der Waals surface area contributed by atoms with E-state index < -0.39 is 0 Å². The lowest BCUT2D eigenvalue weighted by atomic mass is 10.1. The topological polar surface area (TPSA) is 90.7 Å². The van der Waals surface area contributed by atoms with Crippen LogP contribution in [-0.2, 0) is 0 Å². The van der Waals surface area contributed by atoms with Crippen LogP contribution in [0, 0.1) is 0 Å². The first-order valence-electron chi connectivity index (χ1n) is 6.07. The van der Waals surface area contributed by atoms with Gasteiger partial charge in [-0.3, -0.25) is 0 Å². The van der Waals surface area contributed by atoms with Crippen LogP contribution >= 0.6 is 0 Å². The Morgan fingerprint density at radius 1 is 0.700 bits per heavy atom. The second-order valence-electron chi connectivity index (χ2n) is 3.97. The molecular weight excluding hydrogens is 250 g/mol. The first kappa shape index (κ1) is 13.5. The third kappa shape index (κ3) is 4.06. The summed E-state index contributed by atoms with van der Waals surface area (Å²) in [4.78, 5) is 3.56. The van der Waals surface area contributed by atoms with Gasteiger partial charge in [-0.15, -0.1) is 5.10 Å². The molecule has 2 aromatic carbocycles. The fraction of sp³-hybridized carbons (Fsp3) is 0. The average Bonchev–Trinajstić information content (AvgIpc) is 2.49. The second-order valence-corrected chi connectivity index (χ2v) is 3.97. The Kier molecular flexibility index (Phi) is 4.61. The van der Waals surface area contributed by atoms with Crippen molar-refractivity contribution in [3.05, 3.63) is 66.9 Å². The van der Waals surface area contributed by atoms with E-state index in [0.717, 1.165) is 0 Å². The number of hydrogen-bond acceptors (Lipinski definition) is 5. The molecule has 3 aromatic rings. The summed E-state index contributed by atoms with van der Waals surface area (Å²) in [5.41, 5.74) is 12.8. The number of anilines is 2. The summed E-state index contributed by atoms with van der Waals surface area (Å²) < 4.78 is 0. The number of nitrogen functional groups attached to an aromatic ring is 2. The van der Waals surface area contributed by atoms with Crippen LogP contribution in [0.4, 0.5) is 11.8 Å². The molecule has 0 aliphatic heterocycles. The van der Waals surface area contributed by atoms with E-state index >= 15 is 0 Å². The van der Waals surface area contributed by atoms with Crippen molar-refractivity contribution in [1.29, 1.82) is 0 Å².